The molecule has 0 radical (unpaired) electrons. The van der Waals surface area contributed by atoms with Gasteiger partial charge in [-0.15, -0.1) is 0 Å². The maximum Gasteiger partial charge on any atom is 0.319 e. The van der Waals surface area contributed by atoms with E-state index in [4.69, 9.17) is 18.9 Å². The molecule has 4 aliphatic rings. The van der Waals surface area contributed by atoms with Gasteiger partial charge < -0.3 is 18.9 Å². The van der Waals surface area contributed by atoms with E-state index in [1.165, 1.54) is 4.90 Å². The van der Waals surface area contributed by atoms with Crippen LogP contribution in [0.3, 0.4) is 0 Å². The Morgan fingerprint density at radius 1 is 0.829 bits per heavy atom. The van der Waals surface area contributed by atoms with Gasteiger partial charge in [-0.1, -0.05) is 48.5 Å². The smallest absolute Gasteiger partial charge is 0.319 e. The molecule has 8 rings (SSSR count). The van der Waals surface area contributed by atoms with Crippen LogP contribution in [0.4, 0.5) is 5.69 Å². The Hall–Kier alpha value is -5.11. The number of esters is 1. The first-order chi connectivity index (χ1) is 20.0. The number of carbonyl (C=O) groups is 3. The monoisotopic (exact) mass is 545 g/mol. The van der Waals surface area contributed by atoms with E-state index in [1.54, 1.807) is 31.4 Å². The molecule has 8 heteroatoms. The van der Waals surface area contributed by atoms with Gasteiger partial charge in [0.2, 0.25) is 18.6 Å². The topological polar surface area (TPSA) is 91.4 Å². The zero-order valence-electron chi connectivity index (χ0n) is 21.9. The van der Waals surface area contributed by atoms with Gasteiger partial charge in [0, 0.05) is 16.9 Å². The Morgan fingerprint density at radius 2 is 1.61 bits per heavy atom. The highest BCUT2D eigenvalue weighted by molar-refractivity contribution is 6.24. The molecule has 202 valence electrons. The molecule has 0 saturated carbocycles. The van der Waals surface area contributed by atoms with Crippen LogP contribution in [0.5, 0.6) is 23.0 Å². The quantitative estimate of drug-likeness (QED) is 0.201. The summed E-state index contributed by atoms with van der Waals surface area (Å²) in [6.07, 6.45) is 1.97. The summed E-state index contributed by atoms with van der Waals surface area (Å²) in [5, 5.41) is 1.75. The average molecular weight is 546 g/mol. The molecule has 8 nitrogen and oxygen atoms in total. The predicted molar refractivity (Wildman–Crippen MR) is 149 cm³/mol. The van der Waals surface area contributed by atoms with E-state index in [1.807, 2.05) is 60.7 Å². The molecule has 0 bridgehead atoms. The number of hydrogen-bond donors (Lipinski definition) is 0. The van der Waals surface area contributed by atoms with Crippen molar-refractivity contribution in [2.75, 3.05) is 18.8 Å². The number of rotatable bonds is 3. The second-order valence-electron chi connectivity index (χ2n) is 10.6. The summed E-state index contributed by atoms with van der Waals surface area (Å²) >= 11 is 0. The Morgan fingerprint density at radius 3 is 2.44 bits per heavy atom. The van der Waals surface area contributed by atoms with Gasteiger partial charge in [0.05, 0.1) is 30.6 Å². The van der Waals surface area contributed by atoms with Gasteiger partial charge in [0.15, 0.2) is 11.5 Å². The number of benzene rings is 4. The van der Waals surface area contributed by atoms with Gasteiger partial charge in [0.1, 0.15) is 11.5 Å². The first-order valence-corrected chi connectivity index (χ1v) is 13.4. The molecule has 0 spiro atoms. The van der Waals surface area contributed by atoms with Crippen LogP contribution in [0.15, 0.2) is 84.9 Å². The molecule has 0 unspecified atom stereocenters. The van der Waals surface area contributed by atoms with Gasteiger partial charge in [-0.2, -0.15) is 0 Å². The number of fused-ring (bicyclic) bond motifs is 8. The lowest BCUT2D eigenvalue weighted by molar-refractivity contribution is -0.142. The number of imide groups is 1. The van der Waals surface area contributed by atoms with Crippen molar-refractivity contribution in [1.29, 1.82) is 0 Å². The lowest BCUT2D eigenvalue weighted by atomic mass is 9.64. The van der Waals surface area contributed by atoms with Gasteiger partial charge in [-0.3, -0.25) is 14.4 Å². The van der Waals surface area contributed by atoms with Crippen LogP contribution in [0.1, 0.15) is 17.0 Å². The van der Waals surface area contributed by atoms with Crippen LogP contribution >= 0.6 is 0 Å². The predicted octanol–water partition coefficient (Wildman–Crippen LogP) is 5.10. The molecule has 3 heterocycles. The number of amides is 2. The van der Waals surface area contributed by atoms with Gasteiger partial charge in [-0.05, 0) is 52.9 Å². The van der Waals surface area contributed by atoms with Crippen molar-refractivity contribution in [3.63, 3.8) is 0 Å². The zero-order chi connectivity index (χ0) is 27.8. The van der Waals surface area contributed by atoms with Crippen molar-refractivity contribution in [3.05, 3.63) is 96.1 Å². The highest BCUT2D eigenvalue weighted by Crippen LogP contribution is 2.56. The Kier molecular flexibility index (Phi) is 5.04. The molecule has 1 fully saturated rings. The summed E-state index contributed by atoms with van der Waals surface area (Å²) in [7, 11) is 1.55. The van der Waals surface area contributed by atoms with E-state index < -0.39 is 35.5 Å². The Bertz CT molecular complexity index is 1830. The van der Waals surface area contributed by atoms with E-state index in [2.05, 4.69) is 0 Å². The highest BCUT2D eigenvalue weighted by atomic mass is 16.7. The molecular weight excluding hydrogens is 522 g/mol. The van der Waals surface area contributed by atoms with Crippen LogP contribution in [0.25, 0.3) is 16.3 Å². The number of nitrogens with zero attached hydrogens (tertiary/aromatic N) is 1. The summed E-state index contributed by atoms with van der Waals surface area (Å²) in [6.45, 7) is 0.119. The molecule has 4 atom stereocenters. The molecule has 3 aliphatic heterocycles. The number of methoxy groups -OCH3 is 1. The summed E-state index contributed by atoms with van der Waals surface area (Å²) in [5.74, 6) is -2.19. The van der Waals surface area contributed by atoms with E-state index >= 15 is 0 Å². The Labute approximate surface area is 234 Å². The molecule has 41 heavy (non-hydrogen) atoms. The first kappa shape index (κ1) is 23.7. The third-order valence-electron chi connectivity index (χ3n) is 8.60. The maximum absolute atomic E-state index is 14.2. The van der Waals surface area contributed by atoms with Crippen LogP contribution < -0.4 is 23.8 Å². The number of anilines is 1. The summed E-state index contributed by atoms with van der Waals surface area (Å²) < 4.78 is 22.4. The molecule has 4 aromatic carbocycles. The number of hydrogen-bond acceptors (Lipinski definition) is 7. The van der Waals surface area contributed by atoms with Gasteiger partial charge >= 0.3 is 5.97 Å². The second-order valence-corrected chi connectivity index (χ2v) is 10.6. The third-order valence-corrected chi connectivity index (χ3v) is 8.60. The Balaban J connectivity index is 1.32. The lowest BCUT2D eigenvalue weighted by Gasteiger charge is -2.38. The number of carbonyl (C=O) groups excluding carboxylic acids is 3. The molecule has 0 N–H and O–H groups in total. The molecule has 1 saturated heterocycles. The average Bonchev–Trinajstić information content (AvgIpc) is 3.58. The molecular formula is C33H23NO7. The van der Waals surface area contributed by atoms with E-state index in [0.717, 1.165) is 21.9 Å². The van der Waals surface area contributed by atoms with Gasteiger partial charge in [-0.25, -0.2) is 4.90 Å². The van der Waals surface area contributed by atoms with E-state index in [9.17, 15) is 14.4 Å². The minimum atomic E-state index is -0.938. The van der Waals surface area contributed by atoms with Crippen molar-refractivity contribution < 1.29 is 33.3 Å². The number of ether oxygens (including phenoxy) is 4. The molecule has 4 aromatic rings. The van der Waals surface area contributed by atoms with Crippen molar-refractivity contribution in [3.8, 4) is 23.0 Å². The standard InChI is InChI=1S/C33H23NO7/c1-38-20-10-8-19(9-11-20)34-31(35)27-23(18-7-13-25-26(14-18)40-16-39-25)15-24-22-12-6-17-4-2-3-5-21(17)30(22)41-33(37)28(24)29(27)32(34)36/h2-15,23,27-29H,16H2,1H3/t23-,27+,28+,29-/m0/s1. The largest absolute Gasteiger partial charge is 0.497 e. The number of allylic oxidation sites excluding steroid dienone is 1. The second kappa shape index (κ2) is 8.69. The minimum Gasteiger partial charge on any atom is -0.497 e. The zero-order valence-corrected chi connectivity index (χ0v) is 21.9. The summed E-state index contributed by atoms with van der Waals surface area (Å²) in [5.41, 5.74) is 2.68. The summed E-state index contributed by atoms with van der Waals surface area (Å²) in [4.78, 5) is 43.3. The molecule has 0 aromatic heterocycles. The normalized spacial score (nSPS) is 24.0. The van der Waals surface area contributed by atoms with Crippen molar-refractivity contribution in [1.82, 2.24) is 0 Å². The van der Waals surface area contributed by atoms with Crippen molar-refractivity contribution >= 4 is 39.8 Å². The van der Waals surface area contributed by atoms with Crippen LogP contribution in [0.2, 0.25) is 0 Å². The van der Waals surface area contributed by atoms with Crippen LogP contribution in [0, 0.1) is 17.8 Å². The molecule has 1 aliphatic carbocycles. The van der Waals surface area contributed by atoms with Crippen LogP contribution in [-0.2, 0) is 14.4 Å². The first-order valence-electron chi connectivity index (χ1n) is 13.4. The summed E-state index contributed by atoms with van der Waals surface area (Å²) in [6, 6.07) is 23.9. The third kappa shape index (κ3) is 3.37. The maximum atomic E-state index is 14.2. The molecule has 2 amide bonds. The fraction of sp³-hybridized carbons (Fsp3) is 0.182. The van der Waals surface area contributed by atoms with Gasteiger partial charge in [0.25, 0.3) is 0 Å². The van der Waals surface area contributed by atoms with Crippen molar-refractivity contribution in [2.45, 2.75) is 5.92 Å². The van der Waals surface area contributed by atoms with Crippen LogP contribution in [-0.4, -0.2) is 31.7 Å². The fourth-order valence-electron chi connectivity index (χ4n) is 6.72. The fourth-order valence-corrected chi connectivity index (χ4v) is 6.72. The highest BCUT2D eigenvalue weighted by Gasteiger charge is 2.60. The van der Waals surface area contributed by atoms with E-state index in [0.29, 0.717) is 34.3 Å². The minimum absolute atomic E-state index is 0.119. The van der Waals surface area contributed by atoms with Crippen molar-refractivity contribution in [2.24, 2.45) is 17.8 Å². The van der Waals surface area contributed by atoms with E-state index in [-0.39, 0.29) is 12.7 Å². The SMILES string of the molecule is COc1ccc(N2C(=O)[C@@H]3[C@@H]4C(=O)Oc5c(ccc6ccccc56)C4=C[C@@H](c4ccc5c(c4)OCO5)[C@H]3C2=O)cc1. The lowest BCUT2D eigenvalue weighted by Crippen LogP contribution is -2.42.